The molecule has 2 aromatic rings. The van der Waals surface area contributed by atoms with Crippen molar-refractivity contribution in [1.82, 2.24) is 10.2 Å². The Morgan fingerprint density at radius 3 is 2.83 bits per heavy atom. The maximum Gasteiger partial charge on any atom is 0.127 e. The molecule has 0 fully saturated rings. The zero-order valence-electron chi connectivity index (χ0n) is 10.5. The summed E-state index contributed by atoms with van der Waals surface area (Å²) in [4.78, 5) is 0. The Morgan fingerprint density at radius 1 is 1.28 bits per heavy atom. The Morgan fingerprint density at radius 2 is 2.11 bits per heavy atom. The number of fused-ring (bicyclic) bond motifs is 1. The highest BCUT2D eigenvalue weighted by Gasteiger charge is 2.20. The molecule has 0 spiro atoms. The fourth-order valence-electron chi connectivity index (χ4n) is 2.77. The number of ether oxygens (including phenoxy) is 1. The lowest BCUT2D eigenvalue weighted by Crippen LogP contribution is -2.06. The Balaban J connectivity index is 2.25. The summed E-state index contributed by atoms with van der Waals surface area (Å²) in [5, 5.41) is 6.81. The summed E-state index contributed by atoms with van der Waals surface area (Å²) in [7, 11) is 1.70. The van der Waals surface area contributed by atoms with E-state index in [1.807, 2.05) is 6.07 Å². The van der Waals surface area contributed by atoms with E-state index in [0.717, 1.165) is 29.7 Å². The fourth-order valence-corrected chi connectivity index (χ4v) is 2.77. The quantitative estimate of drug-likeness (QED) is 0.852. The predicted molar refractivity (Wildman–Crippen MR) is 71.6 cm³/mol. The number of rotatable bonds is 2. The molecule has 3 rings (SSSR count). The van der Waals surface area contributed by atoms with E-state index in [0.29, 0.717) is 5.82 Å². The monoisotopic (exact) mass is 243 g/mol. The number of nitrogens with two attached hydrogens (primary N) is 1. The molecule has 0 amide bonds. The first kappa shape index (κ1) is 11.1. The van der Waals surface area contributed by atoms with Crippen LogP contribution in [0, 0.1) is 0 Å². The minimum Gasteiger partial charge on any atom is -0.496 e. The molecular weight excluding hydrogens is 226 g/mol. The third-order valence-electron chi connectivity index (χ3n) is 3.65. The molecular formula is C14H17N3O. The summed E-state index contributed by atoms with van der Waals surface area (Å²) < 4.78 is 5.49. The maximum atomic E-state index is 5.96. The van der Waals surface area contributed by atoms with Gasteiger partial charge in [0.2, 0.25) is 0 Å². The summed E-state index contributed by atoms with van der Waals surface area (Å²) in [5.74, 6) is 1.48. The van der Waals surface area contributed by atoms with Gasteiger partial charge in [-0.25, -0.2) is 0 Å². The second-order valence-corrected chi connectivity index (χ2v) is 4.68. The number of hydrogen-bond acceptors (Lipinski definition) is 3. The maximum absolute atomic E-state index is 5.96. The van der Waals surface area contributed by atoms with Crippen molar-refractivity contribution in [2.24, 2.45) is 0 Å². The number of hydrogen-bond donors (Lipinski definition) is 2. The highest BCUT2D eigenvalue weighted by atomic mass is 16.5. The molecule has 1 aromatic carbocycles. The molecule has 4 nitrogen and oxygen atoms in total. The molecule has 1 aliphatic carbocycles. The van der Waals surface area contributed by atoms with E-state index in [9.17, 15) is 0 Å². The van der Waals surface area contributed by atoms with Crippen LogP contribution in [-0.4, -0.2) is 17.3 Å². The molecule has 0 radical (unpaired) electrons. The van der Waals surface area contributed by atoms with E-state index in [2.05, 4.69) is 16.3 Å². The van der Waals surface area contributed by atoms with Gasteiger partial charge in [0.15, 0.2) is 0 Å². The van der Waals surface area contributed by atoms with Crippen LogP contribution in [0.1, 0.15) is 24.0 Å². The molecule has 4 heteroatoms. The minimum absolute atomic E-state index is 0.604. The third-order valence-corrected chi connectivity index (χ3v) is 3.65. The molecule has 94 valence electrons. The third kappa shape index (κ3) is 1.65. The number of nitrogens with zero attached hydrogens (tertiary/aromatic N) is 1. The van der Waals surface area contributed by atoms with Crippen molar-refractivity contribution in [1.29, 1.82) is 0 Å². The molecule has 0 aliphatic heterocycles. The van der Waals surface area contributed by atoms with E-state index >= 15 is 0 Å². The van der Waals surface area contributed by atoms with Gasteiger partial charge in [0.25, 0.3) is 0 Å². The van der Waals surface area contributed by atoms with Gasteiger partial charge in [-0.1, -0.05) is 6.07 Å². The van der Waals surface area contributed by atoms with Crippen molar-refractivity contribution in [3.63, 3.8) is 0 Å². The standard InChI is InChI=1S/C14H17N3O/c1-18-12-7-6-9-4-2-3-5-10(9)13(12)11-8-16-17-14(11)15/h6-8H,2-5H2,1H3,(H3,15,16,17). The number of aromatic nitrogens is 2. The van der Waals surface area contributed by atoms with Crippen molar-refractivity contribution in [2.75, 3.05) is 12.8 Å². The molecule has 1 aromatic heterocycles. The Hall–Kier alpha value is -1.97. The molecule has 1 heterocycles. The van der Waals surface area contributed by atoms with Crippen LogP contribution >= 0.6 is 0 Å². The van der Waals surface area contributed by atoms with Crippen molar-refractivity contribution in [3.05, 3.63) is 29.5 Å². The van der Waals surface area contributed by atoms with Crippen LogP contribution in [0.5, 0.6) is 5.75 Å². The van der Waals surface area contributed by atoms with Gasteiger partial charge in [0, 0.05) is 11.1 Å². The van der Waals surface area contributed by atoms with Gasteiger partial charge in [-0.3, -0.25) is 5.10 Å². The molecule has 0 saturated heterocycles. The lowest BCUT2D eigenvalue weighted by molar-refractivity contribution is 0.415. The van der Waals surface area contributed by atoms with E-state index in [1.165, 1.54) is 24.0 Å². The number of nitrogens with one attached hydrogen (secondary N) is 1. The van der Waals surface area contributed by atoms with Gasteiger partial charge in [0.05, 0.1) is 13.3 Å². The Bertz CT molecular complexity index is 574. The number of aryl methyl sites for hydroxylation is 1. The van der Waals surface area contributed by atoms with Crippen LogP contribution < -0.4 is 10.5 Å². The van der Waals surface area contributed by atoms with Gasteiger partial charge in [-0.05, 0) is 42.9 Å². The van der Waals surface area contributed by atoms with Crippen LogP contribution in [0.25, 0.3) is 11.1 Å². The van der Waals surface area contributed by atoms with Gasteiger partial charge in [0.1, 0.15) is 11.6 Å². The van der Waals surface area contributed by atoms with E-state index in [-0.39, 0.29) is 0 Å². The van der Waals surface area contributed by atoms with Gasteiger partial charge < -0.3 is 10.5 Å². The highest BCUT2D eigenvalue weighted by Crippen LogP contribution is 2.40. The molecule has 0 atom stereocenters. The summed E-state index contributed by atoms with van der Waals surface area (Å²) in [5.41, 5.74) is 10.8. The van der Waals surface area contributed by atoms with E-state index < -0.39 is 0 Å². The van der Waals surface area contributed by atoms with Crippen molar-refractivity contribution < 1.29 is 4.74 Å². The first-order valence-corrected chi connectivity index (χ1v) is 6.29. The first-order valence-electron chi connectivity index (χ1n) is 6.29. The smallest absolute Gasteiger partial charge is 0.127 e. The second kappa shape index (κ2) is 4.37. The van der Waals surface area contributed by atoms with Gasteiger partial charge in [-0.15, -0.1) is 0 Å². The second-order valence-electron chi connectivity index (χ2n) is 4.68. The predicted octanol–water partition coefficient (Wildman–Crippen LogP) is 2.55. The average Bonchev–Trinajstić information content (AvgIpc) is 2.83. The lowest BCUT2D eigenvalue weighted by Gasteiger charge is -2.21. The van der Waals surface area contributed by atoms with Crippen molar-refractivity contribution in [2.45, 2.75) is 25.7 Å². The fraction of sp³-hybridized carbons (Fsp3) is 0.357. The van der Waals surface area contributed by atoms with Crippen molar-refractivity contribution in [3.8, 4) is 16.9 Å². The molecule has 1 aliphatic rings. The summed E-state index contributed by atoms with van der Waals surface area (Å²) in [6.07, 6.45) is 6.50. The summed E-state index contributed by atoms with van der Waals surface area (Å²) in [6.45, 7) is 0. The molecule has 0 bridgehead atoms. The van der Waals surface area contributed by atoms with E-state index in [4.69, 9.17) is 10.5 Å². The van der Waals surface area contributed by atoms with Crippen LogP contribution in [0.3, 0.4) is 0 Å². The zero-order chi connectivity index (χ0) is 12.5. The Kier molecular flexibility index (Phi) is 2.70. The Labute approximate surface area is 106 Å². The zero-order valence-corrected chi connectivity index (χ0v) is 10.5. The summed E-state index contributed by atoms with van der Waals surface area (Å²) >= 11 is 0. The number of methoxy groups -OCH3 is 1. The molecule has 18 heavy (non-hydrogen) atoms. The normalized spacial score (nSPS) is 14.3. The minimum atomic E-state index is 0.604. The van der Waals surface area contributed by atoms with Crippen LogP contribution in [0.2, 0.25) is 0 Å². The van der Waals surface area contributed by atoms with Gasteiger partial charge >= 0.3 is 0 Å². The average molecular weight is 243 g/mol. The molecule has 0 unspecified atom stereocenters. The SMILES string of the molecule is COc1ccc2c(c1-c1cn[nH]c1N)CCCC2. The van der Waals surface area contributed by atoms with Crippen LogP contribution in [0.4, 0.5) is 5.82 Å². The molecule has 0 saturated carbocycles. The highest BCUT2D eigenvalue weighted by molar-refractivity contribution is 5.81. The number of anilines is 1. The lowest BCUT2D eigenvalue weighted by atomic mass is 9.86. The van der Waals surface area contributed by atoms with Gasteiger partial charge in [-0.2, -0.15) is 5.10 Å². The summed E-state index contributed by atoms with van der Waals surface area (Å²) in [6, 6.07) is 4.21. The number of H-pyrrole nitrogens is 1. The topological polar surface area (TPSA) is 63.9 Å². The van der Waals surface area contributed by atoms with Crippen LogP contribution in [0.15, 0.2) is 18.3 Å². The molecule has 3 N–H and O–H groups in total. The number of benzene rings is 1. The van der Waals surface area contributed by atoms with Crippen LogP contribution in [-0.2, 0) is 12.8 Å². The first-order chi connectivity index (χ1) is 8.81. The van der Waals surface area contributed by atoms with Crippen molar-refractivity contribution >= 4 is 5.82 Å². The largest absolute Gasteiger partial charge is 0.496 e. The number of aromatic amines is 1. The van der Waals surface area contributed by atoms with E-state index in [1.54, 1.807) is 13.3 Å². The number of nitrogen functional groups attached to an aromatic ring is 1.